The zero-order chi connectivity index (χ0) is 19.2. The molecule has 2 aromatic rings. The zero-order valence-corrected chi connectivity index (χ0v) is 15.6. The van der Waals surface area contributed by atoms with Gasteiger partial charge in [0.2, 0.25) is 0 Å². The molecule has 2 heterocycles. The Morgan fingerprint density at radius 2 is 2.15 bits per heavy atom. The van der Waals surface area contributed by atoms with Crippen LogP contribution in [0.3, 0.4) is 0 Å². The van der Waals surface area contributed by atoms with Gasteiger partial charge in [-0.25, -0.2) is 0 Å². The van der Waals surface area contributed by atoms with Crippen molar-refractivity contribution in [2.75, 3.05) is 18.1 Å². The topological polar surface area (TPSA) is 89.8 Å². The number of thiophene rings is 1. The summed E-state index contributed by atoms with van der Waals surface area (Å²) in [5.74, 6) is -0.697. The average molecular weight is 388 g/mol. The molecule has 0 atom stereocenters. The van der Waals surface area contributed by atoms with Gasteiger partial charge < -0.3 is 9.64 Å². The van der Waals surface area contributed by atoms with Crippen LogP contribution in [0.2, 0.25) is 0 Å². The van der Waals surface area contributed by atoms with Gasteiger partial charge in [0, 0.05) is 35.7 Å². The van der Waals surface area contributed by atoms with Crippen molar-refractivity contribution < 1.29 is 19.2 Å². The molecule has 1 amide bonds. The highest BCUT2D eigenvalue weighted by Crippen LogP contribution is 2.30. The molecule has 0 spiro atoms. The number of carbonyl (C=O) groups is 2. The molecule has 1 aliphatic heterocycles. The number of hydrogen-bond acceptors (Lipinski definition) is 6. The Morgan fingerprint density at radius 3 is 2.89 bits per heavy atom. The summed E-state index contributed by atoms with van der Waals surface area (Å²) in [6.07, 6.45) is 3.18. The van der Waals surface area contributed by atoms with Crippen LogP contribution in [-0.4, -0.2) is 30.0 Å². The van der Waals surface area contributed by atoms with Crippen LogP contribution < -0.4 is 4.90 Å². The minimum Gasteiger partial charge on any atom is -0.456 e. The van der Waals surface area contributed by atoms with E-state index in [9.17, 15) is 19.7 Å². The molecule has 0 saturated heterocycles. The highest BCUT2D eigenvalue weighted by atomic mass is 32.1. The third-order valence-electron chi connectivity index (χ3n) is 4.43. The average Bonchev–Trinajstić information content (AvgIpc) is 3.18. The van der Waals surface area contributed by atoms with Crippen LogP contribution in [0, 0.1) is 10.1 Å². The molecule has 0 fully saturated rings. The molecule has 8 heteroatoms. The largest absolute Gasteiger partial charge is 0.456 e. The molecule has 0 aliphatic carbocycles. The summed E-state index contributed by atoms with van der Waals surface area (Å²) in [6.45, 7) is 0.202. The summed E-state index contributed by atoms with van der Waals surface area (Å²) in [5, 5.41) is 12.9. The number of non-ortho nitro benzene ring substituents is 1. The van der Waals surface area contributed by atoms with Crippen molar-refractivity contribution in [3.8, 4) is 0 Å². The van der Waals surface area contributed by atoms with Gasteiger partial charge in [0.1, 0.15) is 0 Å². The minimum atomic E-state index is -0.445. The Hall–Kier alpha value is -2.74. The van der Waals surface area contributed by atoms with E-state index in [2.05, 4.69) is 0 Å². The molecule has 1 aromatic heterocycles. The van der Waals surface area contributed by atoms with E-state index in [1.165, 1.54) is 17.0 Å². The van der Waals surface area contributed by atoms with Crippen molar-refractivity contribution in [1.82, 2.24) is 0 Å². The van der Waals surface area contributed by atoms with Crippen molar-refractivity contribution in [3.05, 3.63) is 56.3 Å². The van der Waals surface area contributed by atoms with Crippen molar-refractivity contribution in [2.24, 2.45) is 0 Å². The second-order valence-electron chi connectivity index (χ2n) is 6.31. The smallest absolute Gasteiger partial charge is 0.306 e. The van der Waals surface area contributed by atoms with E-state index in [-0.39, 0.29) is 30.6 Å². The van der Waals surface area contributed by atoms with Crippen LogP contribution in [0.15, 0.2) is 35.7 Å². The Morgan fingerprint density at radius 1 is 1.30 bits per heavy atom. The number of nitrogens with zero attached hydrogens (tertiary/aromatic N) is 2. The maximum atomic E-state index is 12.5. The maximum Gasteiger partial charge on any atom is 0.306 e. The number of nitro benzene ring substituents is 1. The first kappa shape index (κ1) is 19.0. The second-order valence-corrected chi connectivity index (χ2v) is 7.34. The van der Waals surface area contributed by atoms with E-state index in [1.807, 2.05) is 17.5 Å². The molecule has 7 nitrogen and oxygen atoms in total. The fourth-order valence-electron chi connectivity index (χ4n) is 3.11. The molecule has 3 rings (SSSR count). The lowest BCUT2D eigenvalue weighted by molar-refractivity contribution is -0.384. The van der Waals surface area contributed by atoms with Crippen molar-refractivity contribution in [2.45, 2.75) is 32.1 Å². The van der Waals surface area contributed by atoms with E-state index in [0.717, 1.165) is 12.0 Å². The minimum absolute atomic E-state index is 0.0141. The first-order valence-electron chi connectivity index (χ1n) is 8.80. The fourth-order valence-corrected chi connectivity index (χ4v) is 3.86. The van der Waals surface area contributed by atoms with E-state index in [1.54, 1.807) is 22.3 Å². The van der Waals surface area contributed by atoms with Crippen molar-refractivity contribution >= 4 is 34.6 Å². The summed E-state index contributed by atoms with van der Waals surface area (Å²) in [4.78, 5) is 37.5. The van der Waals surface area contributed by atoms with Gasteiger partial charge in [-0.05, 0) is 48.8 Å². The van der Waals surface area contributed by atoms with Crippen molar-refractivity contribution in [3.63, 3.8) is 0 Å². The highest BCUT2D eigenvalue weighted by molar-refractivity contribution is 7.09. The molecule has 1 aliphatic rings. The summed E-state index contributed by atoms with van der Waals surface area (Å²) >= 11 is 1.65. The third kappa shape index (κ3) is 4.91. The SMILES string of the molecule is O=C(CCCc1cccs1)OCC(=O)N1CCCc2cc([N+](=O)[O-])ccc21. The van der Waals surface area contributed by atoms with Crippen LogP contribution in [-0.2, 0) is 27.2 Å². The van der Waals surface area contributed by atoms with Gasteiger partial charge in [0.25, 0.3) is 11.6 Å². The van der Waals surface area contributed by atoms with Crippen LogP contribution in [0.4, 0.5) is 11.4 Å². The number of carbonyl (C=O) groups excluding carboxylic acids is 2. The van der Waals surface area contributed by atoms with Gasteiger partial charge in [0.05, 0.1) is 4.92 Å². The Kier molecular flexibility index (Phi) is 6.18. The van der Waals surface area contributed by atoms with Gasteiger partial charge >= 0.3 is 5.97 Å². The monoisotopic (exact) mass is 388 g/mol. The number of aryl methyl sites for hydroxylation is 2. The lowest BCUT2D eigenvalue weighted by Gasteiger charge is -2.29. The van der Waals surface area contributed by atoms with Gasteiger partial charge in [-0.2, -0.15) is 0 Å². The van der Waals surface area contributed by atoms with Gasteiger partial charge in [-0.1, -0.05) is 6.07 Å². The Balaban J connectivity index is 1.51. The number of ether oxygens (including phenoxy) is 1. The number of amides is 1. The van der Waals surface area contributed by atoms with E-state index >= 15 is 0 Å². The number of rotatable bonds is 7. The summed E-state index contributed by atoms with van der Waals surface area (Å²) < 4.78 is 5.12. The summed E-state index contributed by atoms with van der Waals surface area (Å²) in [5.41, 5.74) is 1.44. The van der Waals surface area contributed by atoms with Crippen LogP contribution in [0.25, 0.3) is 0 Å². The first-order valence-corrected chi connectivity index (χ1v) is 9.68. The second kappa shape index (κ2) is 8.77. The van der Waals surface area contributed by atoms with Crippen LogP contribution in [0.1, 0.15) is 29.7 Å². The number of hydrogen-bond donors (Lipinski definition) is 0. The molecular weight excluding hydrogens is 368 g/mol. The molecule has 0 bridgehead atoms. The predicted molar refractivity (Wildman–Crippen MR) is 102 cm³/mol. The van der Waals surface area contributed by atoms with Crippen LogP contribution >= 0.6 is 11.3 Å². The van der Waals surface area contributed by atoms with Gasteiger partial charge in [0.15, 0.2) is 6.61 Å². The number of anilines is 1. The molecule has 0 saturated carbocycles. The fraction of sp³-hybridized carbons (Fsp3) is 0.368. The van der Waals surface area contributed by atoms with E-state index < -0.39 is 4.92 Å². The van der Waals surface area contributed by atoms with Crippen LogP contribution in [0.5, 0.6) is 0 Å². The van der Waals surface area contributed by atoms with E-state index in [4.69, 9.17) is 4.74 Å². The van der Waals surface area contributed by atoms with E-state index in [0.29, 0.717) is 31.5 Å². The lowest BCUT2D eigenvalue weighted by atomic mass is 10.0. The summed E-state index contributed by atoms with van der Waals surface area (Å²) in [7, 11) is 0. The molecule has 0 radical (unpaired) electrons. The first-order chi connectivity index (χ1) is 13.0. The number of nitro groups is 1. The molecule has 0 N–H and O–H groups in total. The molecule has 27 heavy (non-hydrogen) atoms. The number of fused-ring (bicyclic) bond motifs is 1. The highest BCUT2D eigenvalue weighted by Gasteiger charge is 2.25. The molecule has 142 valence electrons. The molecule has 0 unspecified atom stereocenters. The lowest BCUT2D eigenvalue weighted by Crippen LogP contribution is -2.38. The standard InChI is InChI=1S/C19H20N2O5S/c22-18(13-26-19(23)7-1-5-16-6-3-11-27-16)20-10-2-4-14-12-15(21(24)25)8-9-17(14)20/h3,6,8-9,11-12H,1-2,4-5,7,10,13H2. The van der Waals surface area contributed by atoms with Gasteiger partial charge in [-0.3, -0.25) is 19.7 Å². The Bertz CT molecular complexity index is 835. The quantitative estimate of drug-likeness (QED) is 0.411. The maximum absolute atomic E-state index is 12.5. The summed E-state index contributed by atoms with van der Waals surface area (Å²) in [6, 6.07) is 8.49. The number of benzene rings is 1. The molecule has 1 aromatic carbocycles. The predicted octanol–water partition coefficient (Wildman–Crippen LogP) is 3.50. The third-order valence-corrected chi connectivity index (χ3v) is 5.37. The zero-order valence-electron chi connectivity index (χ0n) is 14.8. The van der Waals surface area contributed by atoms with Gasteiger partial charge in [-0.15, -0.1) is 11.3 Å². The normalized spacial score (nSPS) is 13.1. The van der Waals surface area contributed by atoms with Crippen molar-refractivity contribution in [1.29, 1.82) is 0 Å². The number of esters is 1. The molecular formula is C19H20N2O5S. The Labute approximate surface area is 160 Å².